The summed E-state index contributed by atoms with van der Waals surface area (Å²) in [7, 11) is -4.20. The summed E-state index contributed by atoms with van der Waals surface area (Å²) in [5.41, 5.74) is 13.1. The molecule has 0 amide bonds. The Labute approximate surface area is 115 Å². The standard InChI is InChI=1S/C12H12N4O3S/c13-8-1-6-12(11(14)7-8)16-15-9-2-4-10(5-3-9)20(17,18)19/h1-7H,13-14H2,(H,17,18,19). The first-order valence-corrected chi connectivity index (χ1v) is 6.94. The quantitative estimate of drug-likeness (QED) is 0.454. The fourth-order valence-corrected chi connectivity index (χ4v) is 1.94. The van der Waals surface area contributed by atoms with Crippen molar-refractivity contribution in [3.63, 3.8) is 0 Å². The van der Waals surface area contributed by atoms with Crippen molar-refractivity contribution < 1.29 is 13.0 Å². The van der Waals surface area contributed by atoms with Crippen LogP contribution in [0.3, 0.4) is 0 Å². The zero-order valence-electron chi connectivity index (χ0n) is 10.3. The Kier molecular flexibility index (Phi) is 3.68. The molecule has 0 unspecified atom stereocenters. The highest BCUT2D eigenvalue weighted by molar-refractivity contribution is 7.85. The van der Waals surface area contributed by atoms with E-state index in [2.05, 4.69) is 10.2 Å². The maximum Gasteiger partial charge on any atom is 0.294 e. The Morgan fingerprint density at radius 1 is 0.950 bits per heavy atom. The average Bonchev–Trinajstić information content (AvgIpc) is 2.37. The zero-order valence-corrected chi connectivity index (χ0v) is 11.1. The Hall–Kier alpha value is -2.45. The molecule has 0 fully saturated rings. The van der Waals surface area contributed by atoms with E-state index in [4.69, 9.17) is 16.0 Å². The number of nitrogen functional groups attached to an aromatic ring is 2. The van der Waals surface area contributed by atoms with Gasteiger partial charge in [-0.3, -0.25) is 4.55 Å². The molecule has 104 valence electrons. The number of benzene rings is 2. The normalized spacial score (nSPS) is 11.8. The number of anilines is 2. The van der Waals surface area contributed by atoms with Crippen LogP contribution in [0, 0.1) is 0 Å². The van der Waals surface area contributed by atoms with Gasteiger partial charge in [0.2, 0.25) is 0 Å². The minimum Gasteiger partial charge on any atom is -0.399 e. The maximum absolute atomic E-state index is 10.9. The SMILES string of the molecule is Nc1ccc(N=Nc2ccc(S(=O)(=O)O)cc2)c(N)c1. The summed E-state index contributed by atoms with van der Waals surface area (Å²) in [4.78, 5) is -0.205. The molecular formula is C12H12N4O3S. The van der Waals surface area contributed by atoms with Crippen LogP contribution in [0.25, 0.3) is 0 Å². The second kappa shape index (κ2) is 5.27. The van der Waals surface area contributed by atoms with Crippen LogP contribution in [-0.2, 0) is 10.1 Å². The summed E-state index contributed by atoms with van der Waals surface area (Å²) in [6.07, 6.45) is 0. The van der Waals surface area contributed by atoms with E-state index in [1.54, 1.807) is 18.2 Å². The van der Waals surface area contributed by atoms with E-state index in [1.165, 1.54) is 24.3 Å². The van der Waals surface area contributed by atoms with Gasteiger partial charge in [0.15, 0.2) is 0 Å². The van der Waals surface area contributed by atoms with Crippen LogP contribution in [0.15, 0.2) is 57.6 Å². The Morgan fingerprint density at radius 2 is 1.60 bits per heavy atom. The number of rotatable bonds is 3. The molecule has 0 aliphatic heterocycles. The summed E-state index contributed by atoms with van der Waals surface area (Å²) in [5, 5.41) is 7.86. The lowest BCUT2D eigenvalue weighted by Gasteiger charge is -2.00. The molecule has 0 bridgehead atoms. The number of azo groups is 1. The van der Waals surface area contributed by atoms with Crippen molar-refractivity contribution in [3.8, 4) is 0 Å². The van der Waals surface area contributed by atoms with Crippen LogP contribution in [-0.4, -0.2) is 13.0 Å². The third kappa shape index (κ3) is 3.31. The number of nitrogens with two attached hydrogens (primary N) is 2. The van der Waals surface area contributed by atoms with Gasteiger partial charge < -0.3 is 11.5 Å². The monoisotopic (exact) mass is 292 g/mol. The van der Waals surface area contributed by atoms with E-state index in [9.17, 15) is 8.42 Å². The molecule has 20 heavy (non-hydrogen) atoms. The highest BCUT2D eigenvalue weighted by atomic mass is 32.2. The molecule has 0 aliphatic carbocycles. The van der Waals surface area contributed by atoms with Crippen molar-refractivity contribution in [1.82, 2.24) is 0 Å². The first kappa shape index (κ1) is 14.0. The van der Waals surface area contributed by atoms with Crippen molar-refractivity contribution >= 4 is 32.9 Å². The summed E-state index contributed by atoms with van der Waals surface area (Å²) in [6, 6.07) is 10.1. The van der Waals surface area contributed by atoms with Gasteiger partial charge in [0, 0.05) is 5.69 Å². The van der Waals surface area contributed by atoms with E-state index in [0.717, 1.165) is 0 Å². The minimum absolute atomic E-state index is 0.205. The number of hydrogen-bond acceptors (Lipinski definition) is 6. The van der Waals surface area contributed by atoms with Crippen LogP contribution in [0.1, 0.15) is 0 Å². The molecule has 0 saturated carbocycles. The van der Waals surface area contributed by atoms with Gasteiger partial charge in [0.1, 0.15) is 5.69 Å². The Morgan fingerprint density at radius 3 is 2.15 bits per heavy atom. The minimum atomic E-state index is -4.20. The van der Waals surface area contributed by atoms with Crippen LogP contribution < -0.4 is 11.5 Å². The van der Waals surface area contributed by atoms with E-state index in [0.29, 0.717) is 22.7 Å². The molecule has 2 rings (SSSR count). The van der Waals surface area contributed by atoms with Crippen molar-refractivity contribution in [3.05, 3.63) is 42.5 Å². The first-order valence-electron chi connectivity index (χ1n) is 5.50. The second-order valence-electron chi connectivity index (χ2n) is 3.99. The van der Waals surface area contributed by atoms with Gasteiger partial charge in [-0.15, -0.1) is 5.11 Å². The predicted octanol–water partition coefficient (Wildman–Crippen LogP) is 2.51. The molecular weight excluding hydrogens is 280 g/mol. The largest absolute Gasteiger partial charge is 0.399 e. The Bertz CT molecular complexity index is 755. The second-order valence-corrected chi connectivity index (χ2v) is 5.41. The molecule has 0 aromatic heterocycles. The zero-order chi connectivity index (χ0) is 14.8. The lowest BCUT2D eigenvalue weighted by atomic mass is 10.2. The number of hydrogen-bond donors (Lipinski definition) is 3. The van der Waals surface area contributed by atoms with Crippen molar-refractivity contribution in [2.75, 3.05) is 11.5 Å². The molecule has 0 saturated heterocycles. The van der Waals surface area contributed by atoms with Gasteiger partial charge in [0.25, 0.3) is 10.1 Å². The Balaban J connectivity index is 2.24. The lowest BCUT2D eigenvalue weighted by molar-refractivity contribution is 0.483. The van der Waals surface area contributed by atoms with Gasteiger partial charge in [0.05, 0.1) is 16.3 Å². The molecule has 0 atom stereocenters. The van der Waals surface area contributed by atoms with Crippen molar-refractivity contribution in [2.45, 2.75) is 4.90 Å². The topological polar surface area (TPSA) is 131 Å². The molecule has 8 heteroatoms. The van der Waals surface area contributed by atoms with Gasteiger partial charge in [-0.25, -0.2) is 0 Å². The van der Waals surface area contributed by atoms with Crippen molar-refractivity contribution in [2.24, 2.45) is 10.2 Å². The molecule has 2 aromatic rings. The van der Waals surface area contributed by atoms with E-state index < -0.39 is 10.1 Å². The molecule has 7 nitrogen and oxygen atoms in total. The van der Waals surface area contributed by atoms with Crippen LogP contribution in [0.2, 0.25) is 0 Å². The average molecular weight is 292 g/mol. The van der Waals surface area contributed by atoms with E-state index in [-0.39, 0.29) is 4.90 Å². The maximum atomic E-state index is 10.9. The van der Waals surface area contributed by atoms with E-state index >= 15 is 0 Å². The van der Waals surface area contributed by atoms with Crippen molar-refractivity contribution in [1.29, 1.82) is 0 Å². The smallest absolute Gasteiger partial charge is 0.294 e. The summed E-state index contributed by atoms with van der Waals surface area (Å²) >= 11 is 0. The van der Waals surface area contributed by atoms with Crippen LogP contribution in [0.5, 0.6) is 0 Å². The van der Waals surface area contributed by atoms with Gasteiger partial charge >= 0.3 is 0 Å². The molecule has 0 aliphatic rings. The van der Waals surface area contributed by atoms with Crippen LogP contribution >= 0.6 is 0 Å². The summed E-state index contributed by atoms with van der Waals surface area (Å²) < 4.78 is 30.6. The molecule has 0 spiro atoms. The summed E-state index contributed by atoms with van der Waals surface area (Å²) in [5.74, 6) is 0. The van der Waals surface area contributed by atoms with Gasteiger partial charge in [-0.2, -0.15) is 13.5 Å². The van der Waals surface area contributed by atoms with E-state index in [1.807, 2.05) is 0 Å². The van der Waals surface area contributed by atoms with Gasteiger partial charge in [-0.1, -0.05) is 0 Å². The summed E-state index contributed by atoms with van der Waals surface area (Å²) in [6.45, 7) is 0. The third-order valence-electron chi connectivity index (χ3n) is 2.46. The number of nitrogens with zero attached hydrogens (tertiary/aromatic N) is 2. The third-order valence-corrected chi connectivity index (χ3v) is 3.33. The van der Waals surface area contributed by atoms with Gasteiger partial charge in [-0.05, 0) is 42.5 Å². The predicted molar refractivity (Wildman–Crippen MR) is 75.7 cm³/mol. The molecule has 5 N–H and O–H groups in total. The molecule has 2 aromatic carbocycles. The lowest BCUT2D eigenvalue weighted by Crippen LogP contribution is -1.96. The molecule has 0 heterocycles. The van der Waals surface area contributed by atoms with Crippen LogP contribution in [0.4, 0.5) is 22.7 Å². The highest BCUT2D eigenvalue weighted by Gasteiger charge is 2.08. The first-order chi connectivity index (χ1) is 9.36. The fraction of sp³-hybridized carbons (Fsp3) is 0. The highest BCUT2D eigenvalue weighted by Crippen LogP contribution is 2.26. The fourth-order valence-electron chi connectivity index (χ4n) is 1.46. The molecule has 0 radical (unpaired) electrons.